The summed E-state index contributed by atoms with van der Waals surface area (Å²) in [4.78, 5) is 31.5. The molecule has 1 fully saturated rings. The van der Waals surface area contributed by atoms with Crippen molar-refractivity contribution in [3.8, 4) is 0 Å². The smallest absolute Gasteiger partial charge is 0.272 e. The fourth-order valence-corrected chi connectivity index (χ4v) is 2.45. The van der Waals surface area contributed by atoms with E-state index in [1.807, 2.05) is 11.8 Å². The van der Waals surface area contributed by atoms with Gasteiger partial charge in [0.1, 0.15) is 11.5 Å². The van der Waals surface area contributed by atoms with Crippen LogP contribution < -0.4 is 5.32 Å². The molecule has 0 aliphatic carbocycles. The van der Waals surface area contributed by atoms with Crippen LogP contribution in [0.15, 0.2) is 18.3 Å². The zero-order valence-corrected chi connectivity index (χ0v) is 12.7. The molecule has 0 saturated carbocycles. The summed E-state index contributed by atoms with van der Waals surface area (Å²) in [6.45, 7) is 5.43. The highest BCUT2D eigenvalue weighted by molar-refractivity contribution is 5.92. The van der Waals surface area contributed by atoms with Crippen LogP contribution >= 0.6 is 0 Å². The molecule has 0 bridgehead atoms. The first kappa shape index (κ1) is 16.4. The van der Waals surface area contributed by atoms with E-state index in [2.05, 4.69) is 10.3 Å². The van der Waals surface area contributed by atoms with E-state index in [0.717, 1.165) is 19.2 Å². The summed E-state index contributed by atoms with van der Waals surface area (Å²) in [5, 5.41) is 2.77. The zero-order chi connectivity index (χ0) is 15.9. The van der Waals surface area contributed by atoms with E-state index in [1.165, 1.54) is 12.1 Å². The second-order valence-corrected chi connectivity index (χ2v) is 5.24. The minimum Gasteiger partial charge on any atom is -0.355 e. The molecule has 0 aromatic carbocycles. The first-order valence-electron chi connectivity index (χ1n) is 7.50. The number of carbonyl (C=O) groups excluding carboxylic acids is 2. The lowest BCUT2D eigenvalue weighted by molar-refractivity contribution is -0.122. The van der Waals surface area contributed by atoms with E-state index in [-0.39, 0.29) is 17.5 Å². The molecule has 2 heterocycles. The number of pyridine rings is 1. The Bertz CT molecular complexity index is 521. The summed E-state index contributed by atoms with van der Waals surface area (Å²) in [7, 11) is 0. The Kier molecular flexibility index (Phi) is 5.83. The summed E-state index contributed by atoms with van der Waals surface area (Å²) in [6, 6.07) is 2.63. The number of aromatic nitrogens is 1. The minimum absolute atomic E-state index is 0.00229. The van der Waals surface area contributed by atoms with Crippen LogP contribution in [0, 0.1) is 5.82 Å². The Morgan fingerprint density at radius 1 is 1.27 bits per heavy atom. The van der Waals surface area contributed by atoms with Gasteiger partial charge in [0.05, 0.1) is 12.7 Å². The number of likely N-dealkylation sites (N-methyl/N-ethyl adjacent to an activating group) is 1. The molecule has 2 rings (SSSR count). The normalized spacial score (nSPS) is 16.2. The largest absolute Gasteiger partial charge is 0.355 e. The summed E-state index contributed by atoms with van der Waals surface area (Å²) in [6.07, 6.45) is 1.85. The van der Waals surface area contributed by atoms with E-state index < -0.39 is 5.82 Å². The second-order valence-electron chi connectivity index (χ2n) is 5.24. The van der Waals surface area contributed by atoms with Crippen molar-refractivity contribution in [2.45, 2.75) is 13.3 Å². The number of hydrogen-bond acceptors (Lipinski definition) is 4. The molecular formula is C15H21FN4O2. The first-order chi connectivity index (χ1) is 10.6. The van der Waals surface area contributed by atoms with Crippen molar-refractivity contribution in [1.82, 2.24) is 20.1 Å². The predicted octanol–water partition coefficient (Wildman–Crippen LogP) is 0.505. The van der Waals surface area contributed by atoms with Crippen molar-refractivity contribution in [2.75, 3.05) is 39.3 Å². The maximum Gasteiger partial charge on any atom is 0.272 e. The number of amides is 2. The summed E-state index contributed by atoms with van der Waals surface area (Å²) >= 11 is 0. The molecule has 1 aromatic heterocycles. The van der Waals surface area contributed by atoms with Gasteiger partial charge in [-0.15, -0.1) is 0 Å². The quantitative estimate of drug-likeness (QED) is 0.880. The number of nitrogens with one attached hydrogen (secondary N) is 1. The third-order valence-corrected chi connectivity index (χ3v) is 3.56. The molecule has 120 valence electrons. The van der Waals surface area contributed by atoms with Crippen LogP contribution in [0.4, 0.5) is 4.39 Å². The van der Waals surface area contributed by atoms with Gasteiger partial charge in [0.2, 0.25) is 5.91 Å². The first-order valence-corrected chi connectivity index (χ1v) is 7.50. The average Bonchev–Trinajstić information content (AvgIpc) is 2.73. The van der Waals surface area contributed by atoms with Gasteiger partial charge in [-0.2, -0.15) is 0 Å². The highest BCUT2D eigenvalue weighted by Gasteiger charge is 2.22. The van der Waals surface area contributed by atoms with Crippen LogP contribution in [0.5, 0.6) is 0 Å². The maximum absolute atomic E-state index is 12.9. The molecule has 0 spiro atoms. The Morgan fingerprint density at radius 3 is 2.77 bits per heavy atom. The molecule has 7 heteroatoms. The van der Waals surface area contributed by atoms with Crippen molar-refractivity contribution in [2.24, 2.45) is 0 Å². The third-order valence-electron chi connectivity index (χ3n) is 3.56. The van der Waals surface area contributed by atoms with Gasteiger partial charge in [-0.05, 0) is 25.5 Å². The topological polar surface area (TPSA) is 65.5 Å². The Balaban J connectivity index is 1.91. The van der Waals surface area contributed by atoms with Gasteiger partial charge < -0.3 is 10.2 Å². The molecule has 22 heavy (non-hydrogen) atoms. The van der Waals surface area contributed by atoms with Gasteiger partial charge >= 0.3 is 0 Å². The molecule has 1 saturated heterocycles. The average molecular weight is 308 g/mol. The molecule has 0 unspecified atom stereocenters. The minimum atomic E-state index is -0.458. The third kappa shape index (κ3) is 4.49. The zero-order valence-electron chi connectivity index (χ0n) is 12.7. The number of hydrogen-bond donors (Lipinski definition) is 1. The highest BCUT2D eigenvalue weighted by atomic mass is 19.1. The number of nitrogens with zero attached hydrogens (tertiary/aromatic N) is 3. The number of halogens is 1. The van der Waals surface area contributed by atoms with Gasteiger partial charge in [-0.1, -0.05) is 0 Å². The van der Waals surface area contributed by atoms with E-state index in [4.69, 9.17) is 0 Å². The lowest BCUT2D eigenvalue weighted by Crippen LogP contribution is -2.40. The van der Waals surface area contributed by atoms with Crippen LogP contribution in [-0.2, 0) is 4.79 Å². The standard InChI is InChI=1S/C15H21FN4O2/c1-2-17-14(21)11-19-6-3-7-20(9-8-19)15(22)13-5-4-12(16)10-18-13/h4-5,10H,2-3,6-9,11H2,1H3,(H,17,21). The lowest BCUT2D eigenvalue weighted by Gasteiger charge is -2.21. The highest BCUT2D eigenvalue weighted by Crippen LogP contribution is 2.08. The van der Waals surface area contributed by atoms with Crippen LogP contribution in [0.3, 0.4) is 0 Å². The molecule has 1 aliphatic heterocycles. The van der Waals surface area contributed by atoms with E-state index in [1.54, 1.807) is 4.90 Å². The van der Waals surface area contributed by atoms with Crippen molar-refractivity contribution < 1.29 is 14.0 Å². The summed E-state index contributed by atoms with van der Waals surface area (Å²) < 4.78 is 12.9. The summed E-state index contributed by atoms with van der Waals surface area (Å²) in [5.74, 6) is -0.650. The number of carbonyl (C=O) groups is 2. The van der Waals surface area contributed by atoms with Gasteiger partial charge in [-0.3, -0.25) is 14.5 Å². The SMILES string of the molecule is CCNC(=O)CN1CCCN(C(=O)c2ccc(F)cn2)CC1. The molecule has 0 atom stereocenters. The molecule has 2 amide bonds. The molecule has 1 N–H and O–H groups in total. The second kappa shape index (κ2) is 7.84. The van der Waals surface area contributed by atoms with Crippen molar-refractivity contribution in [1.29, 1.82) is 0 Å². The molecule has 0 radical (unpaired) electrons. The van der Waals surface area contributed by atoms with Gasteiger partial charge in [0.15, 0.2) is 0 Å². The Hall–Kier alpha value is -2.02. The molecule has 1 aliphatic rings. The molecule has 6 nitrogen and oxygen atoms in total. The van der Waals surface area contributed by atoms with Crippen molar-refractivity contribution in [3.63, 3.8) is 0 Å². The molecule has 1 aromatic rings. The van der Waals surface area contributed by atoms with Crippen LogP contribution in [-0.4, -0.2) is 65.9 Å². The van der Waals surface area contributed by atoms with Crippen LogP contribution in [0.2, 0.25) is 0 Å². The predicted molar refractivity (Wildman–Crippen MR) is 79.8 cm³/mol. The van der Waals surface area contributed by atoms with E-state index in [0.29, 0.717) is 32.7 Å². The van der Waals surface area contributed by atoms with Gasteiger partial charge in [0, 0.05) is 32.7 Å². The molecular weight excluding hydrogens is 287 g/mol. The van der Waals surface area contributed by atoms with Gasteiger partial charge in [-0.25, -0.2) is 9.37 Å². The van der Waals surface area contributed by atoms with Crippen molar-refractivity contribution in [3.05, 3.63) is 29.8 Å². The van der Waals surface area contributed by atoms with Crippen molar-refractivity contribution >= 4 is 11.8 Å². The van der Waals surface area contributed by atoms with Gasteiger partial charge in [0.25, 0.3) is 5.91 Å². The lowest BCUT2D eigenvalue weighted by atomic mass is 10.3. The Morgan fingerprint density at radius 2 is 2.09 bits per heavy atom. The maximum atomic E-state index is 12.9. The van der Waals surface area contributed by atoms with Crippen LogP contribution in [0.1, 0.15) is 23.8 Å². The fraction of sp³-hybridized carbons (Fsp3) is 0.533. The van der Waals surface area contributed by atoms with Crippen LogP contribution in [0.25, 0.3) is 0 Å². The van der Waals surface area contributed by atoms with E-state index in [9.17, 15) is 14.0 Å². The van der Waals surface area contributed by atoms with E-state index >= 15 is 0 Å². The number of rotatable bonds is 4. The fourth-order valence-electron chi connectivity index (χ4n) is 2.45. The summed E-state index contributed by atoms with van der Waals surface area (Å²) in [5.41, 5.74) is 0.249. The Labute approximate surface area is 129 Å². The monoisotopic (exact) mass is 308 g/mol.